The summed E-state index contributed by atoms with van der Waals surface area (Å²) in [6, 6.07) is 13.5. The first kappa shape index (κ1) is 16.8. The fourth-order valence-corrected chi connectivity index (χ4v) is 2.64. The SMILES string of the molecule is CCOc1ccc(CNC(=O)c2cc(-c3ccncc3)cn2C)cc1. The highest BCUT2D eigenvalue weighted by Crippen LogP contribution is 2.21. The zero-order valence-electron chi connectivity index (χ0n) is 14.4. The van der Waals surface area contributed by atoms with Gasteiger partial charge >= 0.3 is 0 Å². The zero-order valence-corrected chi connectivity index (χ0v) is 14.4. The van der Waals surface area contributed by atoms with Crippen molar-refractivity contribution in [3.63, 3.8) is 0 Å². The molecule has 0 saturated carbocycles. The molecule has 3 rings (SSSR count). The number of rotatable bonds is 6. The van der Waals surface area contributed by atoms with Gasteiger partial charge in [-0.3, -0.25) is 9.78 Å². The van der Waals surface area contributed by atoms with E-state index in [9.17, 15) is 4.79 Å². The van der Waals surface area contributed by atoms with Crippen LogP contribution in [0.25, 0.3) is 11.1 Å². The molecular formula is C20H21N3O2. The Morgan fingerprint density at radius 2 is 1.84 bits per heavy atom. The van der Waals surface area contributed by atoms with Gasteiger partial charge in [-0.1, -0.05) is 12.1 Å². The predicted octanol–water partition coefficient (Wildman–Crippen LogP) is 3.42. The predicted molar refractivity (Wildman–Crippen MR) is 97.4 cm³/mol. The van der Waals surface area contributed by atoms with E-state index in [-0.39, 0.29) is 5.91 Å². The number of aryl methyl sites for hydroxylation is 1. The highest BCUT2D eigenvalue weighted by atomic mass is 16.5. The van der Waals surface area contributed by atoms with Crippen molar-refractivity contribution in [2.45, 2.75) is 13.5 Å². The van der Waals surface area contributed by atoms with E-state index in [1.165, 1.54) is 0 Å². The Morgan fingerprint density at radius 1 is 1.12 bits per heavy atom. The maximum atomic E-state index is 12.5. The molecule has 0 unspecified atom stereocenters. The molecule has 0 atom stereocenters. The lowest BCUT2D eigenvalue weighted by Gasteiger charge is -2.07. The summed E-state index contributed by atoms with van der Waals surface area (Å²) in [5, 5.41) is 2.96. The van der Waals surface area contributed by atoms with Crippen LogP contribution in [0.2, 0.25) is 0 Å². The highest BCUT2D eigenvalue weighted by Gasteiger charge is 2.12. The molecule has 0 aliphatic heterocycles. The van der Waals surface area contributed by atoms with Crippen LogP contribution in [0.15, 0.2) is 61.1 Å². The van der Waals surface area contributed by atoms with E-state index in [2.05, 4.69) is 10.3 Å². The average molecular weight is 335 g/mol. The fraction of sp³-hybridized carbons (Fsp3) is 0.200. The van der Waals surface area contributed by atoms with Gasteiger partial charge in [-0.05, 0) is 48.4 Å². The van der Waals surface area contributed by atoms with Gasteiger partial charge in [0.15, 0.2) is 0 Å². The Balaban J connectivity index is 1.66. The molecule has 1 N–H and O–H groups in total. The lowest BCUT2D eigenvalue weighted by atomic mass is 10.1. The third kappa shape index (κ3) is 4.07. The number of carbonyl (C=O) groups excluding carboxylic acids is 1. The first-order valence-corrected chi connectivity index (χ1v) is 8.24. The van der Waals surface area contributed by atoms with Crippen LogP contribution < -0.4 is 10.1 Å². The van der Waals surface area contributed by atoms with Gasteiger partial charge in [0.1, 0.15) is 11.4 Å². The first-order chi connectivity index (χ1) is 12.2. The van der Waals surface area contributed by atoms with Gasteiger partial charge in [-0.25, -0.2) is 0 Å². The summed E-state index contributed by atoms with van der Waals surface area (Å²) in [4.78, 5) is 16.5. The second-order valence-corrected chi connectivity index (χ2v) is 5.72. The largest absolute Gasteiger partial charge is 0.494 e. The van der Waals surface area contributed by atoms with Crippen molar-refractivity contribution in [3.8, 4) is 16.9 Å². The Morgan fingerprint density at radius 3 is 2.52 bits per heavy atom. The zero-order chi connectivity index (χ0) is 17.6. The van der Waals surface area contributed by atoms with Crippen molar-refractivity contribution >= 4 is 5.91 Å². The summed E-state index contributed by atoms with van der Waals surface area (Å²) in [6.45, 7) is 3.07. The van der Waals surface area contributed by atoms with Crippen molar-refractivity contribution in [2.24, 2.45) is 7.05 Å². The number of benzene rings is 1. The molecule has 1 aromatic carbocycles. The van der Waals surface area contributed by atoms with Crippen LogP contribution in [0, 0.1) is 0 Å². The molecule has 3 aromatic rings. The number of amides is 1. The summed E-state index contributed by atoms with van der Waals surface area (Å²) in [5.74, 6) is 0.735. The molecule has 0 spiro atoms. The lowest BCUT2D eigenvalue weighted by Crippen LogP contribution is -2.24. The van der Waals surface area contributed by atoms with Gasteiger partial charge in [0.2, 0.25) is 0 Å². The van der Waals surface area contributed by atoms with Gasteiger partial charge < -0.3 is 14.6 Å². The van der Waals surface area contributed by atoms with E-state index >= 15 is 0 Å². The van der Waals surface area contributed by atoms with Crippen LogP contribution in [0.1, 0.15) is 23.0 Å². The maximum absolute atomic E-state index is 12.5. The second-order valence-electron chi connectivity index (χ2n) is 5.72. The number of pyridine rings is 1. The quantitative estimate of drug-likeness (QED) is 0.751. The number of nitrogens with one attached hydrogen (secondary N) is 1. The van der Waals surface area contributed by atoms with E-state index in [1.54, 1.807) is 12.4 Å². The highest BCUT2D eigenvalue weighted by molar-refractivity contribution is 5.94. The molecule has 5 heteroatoms. The fourth-order valence-electron chi connectivity index (χ4n) is 2.64. The number of ether oxygens (including phenoxy) is 1. The Hall–Kier alpha value is -3.08. The molecule has 0 saturated heterocycles. The Kier molecular flexibility index (Phi) is 5.14. The minimum absolute atomic E-state index is 0.100. The molecule has 0 radical (unpaired) electrons. The van der Waals surface area contributed by atoms with Gasteiger partial charge in [0.05, 0.1) is 6.61 Å². The normalized spacial score (nSPS) is 10.5. The Bertz CT molecular complexity index is 839. The van der Waals surface area contributed by atoms with Crippen LogP contribution in [-0.2, 0) is 13.6 Å². The van der Waals surface area contributed by atoms with Crippen molar-refractivity contribution in [2.75, 3.05) is 6.61 Å². The average Bonchev–Trinajstić information content (AvgIpc) is 3.04. The topological polar surface area (TPSA) is 56.1 Å². The van der Waals surface area contributed by atoms with Crippen LogP contribution in [-0.4, -0.2) is 22.1 Å². The summed E-state index contributed by atoms with van der Waals surface area (Å²) in [6.07, 6.45) is 5.43. The Labute approximate surface area is 147 Å². The van der Waals surface area contributed by atoms with Crippen LogP contribution in [0.5, 0.6) is 5.75 Å². The van der Waals surface area contributed by atoms with E-state index in [0.717, 1.165) is 22.4 Å². The van der Waals surface area contributed by atoms with Crippen LogP contribution in [0.3, 0.4) is 0 Å². The van der Waals surface area contributed by atoms with E-state index in [0.29, 0.717) is 18.8 Å². The number of nitrogens with zero attached hydrogens (tertiary/aromatic N) is 2. The first-order valence-electron chi connectivity index (χ1n) is 8.24. The summed E-state index contributed by atoms with van der Waals surface area (Å²) < 4.78 is 7.26. The van der Waals surface area contributed by atoms with Crippen molar-refractivity contribution < 1.29 is 9.53 Å². The molecule has 5 nitrogen and oxygen atoms in total. The van der Waals surface area contributed by atoms with E-state index in [1.807, 2.05) is 67.2 Å². The molecule has 0 aliphatic carbocycles. The number of carbonyl (C=O) groups is 1. The van der Waals surface area contributed by atoms with E-state index < -0.39 is 0 Å². The minimum Gasteiger partial charge on any atom is -0.494 e. The van der Waals surface area contributed by atoms with Gasteiger partial charge in [-0.2, -0.15) is 0 Å². The smallest absolute Gasteiger partial charge is 0.268 e. The maximum Gasteiger partial charge on any atom is 0.268 e. The van der Waals surface area contributed by atoms with E-state index in [4.69, 9.17) is 4.74 Å². The minimum atomic E-state index is -0.100. The van der Waals surface area contributed by atoms with Gasteiger partial charge in [0, 0.05) is 37.7 Å². The molecule has 1 amide bonds. The van der Waals surface area contributed by atoms with Crippen molar-refractivity contribution in [1.82, 2.24) is 14.9 Å². The van der Waals surface area contributed by atoms with Gasteiger partial charge in [-0.15, -0.1) is 0 Å². The molecule has 128 valence electrons. The second kappa shape index (κ2) is 7.66. The molecular weight excluding hydrogens is 314 g/mol. The molecule has 2 aromatic heterocycles. The lowest BCUT2D eigenvalue weighted by molar-refractivity contribution is 0.0943. The van der Waals surface area contributed by atoms with Crippen LogP contribution in [0.4, 0.5) is 0 Å². The monoisotopic (exact) mass is 335 g/mol. The molecule has 0 fully saturated rings. The third-order valence-electron chi connectivity index (χ3n) is 3.94. The number of hydrogen-bond donors (Lipinski definition) is 1. The number of aromatic nitrogens is 2. The molecule has 2 heterocycles. The summed E-state index contributed by atoms with van der Waals surface area (Å²) >= 11 is 0. The van der Waals surface area contributed by atoms with Crippen molar-refractivity contribution in [3.05, 3.63) is 72.3 Å². The standard InChI is InChI=1S/C20H21N3O2/c1-3-25-18-6-4-15(5-7-18)13-22-20(24)19-12-17(14-23(19)2)16-8-10-21-11-9-16/h4-12,14H,3,13H2,1-2H3,(H,22,24). The summed E-state index contributed by atoms with van der Waals surface area (Å²) in [5.41, 5.74) is 3.69. The van der Waals surface area contributed by atoms with Crippen molar-refractivity contribution in [1.29, 1.82) is 0 Å². The van der Waals surface area contributed by atoms with Crippen LogP contribution >= 0.6 is 0 Å². The molecule has 0 aliphatic rings. The van der Waals surface area contributed by atoms with Gasteiger partial charge in [0.25, 0.3) is 5.91 Å². The molecule has 0 bridgehead atoms. The number of hydrogen-bond acceptors (Lipinski definition) is 3. The third-order valence-corrected chi connectivity index (χ3v) is 3.94. The summed E-state index contributed by atoms with van der Waals surface area (Å²) in [7, 11) is 1.87. The molecule has 25 heavy (non-hydrogen) atoms.